The van der Waals surface area contributed by atoms with E-state index in [9.17, 15) is 4.39 Å². The molecule has 1 N–H and O–H groups in total. The number of benzene rings is 2. The van der Waals surface area contributed by atoms with Crippen LogP contribution in [0.15, 0.2) is 42.5 Å². The van der Waals surface area contributed by atoms with Crippen LogP contribution >= 0.6 is 23.8 Å². The molecule has 1 aliphatic heterocycles. The number of nitrogens with one attached hydrogen (secondary N) is 1. The van der Waals surface area contributed by atoms with Gasteiger partial charge in [0, 0.05) is 37.7 Å². The van der Waals surface area contributed by atoms with Crippen LogP contribution in [0.3, 0.4) is 0 Å². The van der Waals surface area contributed by atoms with E-state index in [1.807, 2.05) is 31.2 Å². The molecule has 0 aliphatic carbocycles. The van der Waals surface area contributed by atoms with E-state index in [1.165, 1.54) is 12.1 Å². The van der Waals surface area contributed by atoms with Gasteiger partial charge in [0.05, 0.1) is 12.3 Å². The second-order valence-electron chi connectivity index (χ2n) is 6.36. The number of hydrogen-bond acceptors (Lipinski definition) is 3. The summed E-state index contributed by atoms with van der Waals surface area (Å²) in [5.41, 5.74) is 1.82. The van der Waals surface area contributed by atoms with Crippen molar-refractivity contribution in [3.05, 3.63) is 58.9 Å². The van der Waals surface area contributed by atoms with Crippen molar-refractivity contribution in [2.45, 2.75) is 13.5 Å². The minimum Gasteiger partial charge on any atom is -0.492 e. The maximum atomic E-state index is 13.2. The Morgan fingerprint density at radius 2 is 1.93 bits per heavy atom. The standard InChI is InChI=1S/C20H23ClFN3OS/c1-2-26-19-6-4-3-5-18(19)23-20(27)25-11-9-24(10-12-25)14-15-7-8-16(22)13-17(15)21/h3-8,13H,2,9-12,14H2,1H3,(H,23,27). The minimum absolute atomic E-state index is 0.308. The Labute approximate surface area is 169 Å². The lowest BCUT2D eigenvalue weighted by Crippen LogP contribution is -2.49. The van der Waals surface area contributed by atoms with E-state index in [0.29, 0.717) is 23.3 Å². The number of nitrogens with zero attached hydrogens (tertiary/aromatic N) is 2. The molecule has 7 heteroatoms. The van der Waals surface area contributed by atoms with Gasteiger partial charge in [-0.25, -0.2) is 4.39 Å². The highest BCUT2D eigenvalue weighted by molar-refractivity contribution is 7.80. The predicted octanol–water partition coefficient (Wildman–Crippen LogP) is 4.39. The molecule has 0 atom stereocenters. The molecule has 1 fully saturated rings. The lowest BCUT2D eigenvalue weighted by Gasteiger charge is -2.36. The van der Waals surface area contributed by atoms with E-state index in [1.54, 1.807) is 6.07 Å². The fraction of sp³-hybridized carbons (Fsp3) is 0.350. The van der Waals surface area contributed by atoms with E-state index in [2.05, 4.69) is 15.1 Å². The molecule has 0 spiro atoms. The van der Waals surface area contributed by atoms with Gasteiger partial charge in [-0.15, -0.1) is 0 Å². The van der Waals surface area contributed by atoms with Gasteiger partial charge in [-0.3, -0.25) is 4.90 Å². The van der Waals surface area contributed by atoms with Crippen molar-refractivity contribution < 1.29 is 9.13 Å². The molecule has 1 saturated heterocycles. The largest absolute Gasteiger partial charge is 0.492 e. The van der Waals surface area contributed by atoms with Crippen molar-refractivity contribution in [3.63, 3.8) is 0 Å². The fourth-order valence-corrected chi connectivity index (χ4v) is 3.56. The molecule has 1 heterocycles. The van der Waals surface area contributed by atoms with Crippen LogP contribution in [0.1, 0.15) is 12.5 Å². The van der Waals surface area contributed by atoms with Crippen LogP contribution < -0.4 is 10.1 Å². The number of halogens is 2. The van der Waals surface area contributed by atoms with Crippen LogP contribution in [0.2, 0.25) is 5.02 Å². The van der Waals surface area contributed by atoms with E-state index >= 15 is 0 Å². The third kappa shape index (κ3) is 5.31. The molecule has 0 radical (unpaired) electrons. The summed E-state index contributed by atoms with van der Waals surface area (Å²) in [4.78, 5) is 4.45. The Hall–Kier alpha value is -1.89. The Morgan fingerprint density at radius 1 is 1.19 bits per heavy atom. The first-order valence-corrected chi connectivity index (χ1v) is 9.79. The normalized spacial score (nSPS) is 14.9. The summed E-state index contributed by atoms with van der Waals surface area (Å²) in [6.45, 7) is 6.65. The van der Waals surface area contributed by atoms with E-state index < -0.39 is 0 Å². The fourth-order valence-electron chi connectivity index (χ4n) is 3.05. The van der Waals surface area contributed by atoms with Gasteiger partial charge < -0.3 is 15.0 Å². The first kappa shape index (κ1) is 19.9. The quantitative estimate of drug-likeness (QED) is 0.742. The summed E-state index contributed by atoms with van der Waals surface area (Å²) in [5, 5.41) is 4.47. The van der Waals surface area contributed by atoms with Gasteiger partial charge in [0.2, 0.25) is 0 Å². The Kier molecular flexibility index (Phi) is 6.88. The molecule has 0 bridgehead atoms. The molecule has 1 aliphatic rings. The van der Waals surface area contributed by atoms with Crippen molar-refractivity contribution in [2.75, 3.05) is 38.1 Å². The number of ether oxygens (including phenoxy) is 1. The topological polar surface area (TPSA) is 27.7 Å². The molecule has 0 amide bonds. The van der Waals surface area contributed by atoms with Gasteiger partial charge in [0.25, 0.3) is 0 Å². The van der Waals surface area contributed by atoms with Gasteiger partial charge in [-0.2, -0.15) is 0 Å². The van der Waals surface area contributed by atoms with E-state index in [0.717, 1.165) is 43.2 Å². The zero-order chi connectivity index (χ0) is 19.2. The second kappa shape index (κ2) is 9.35. The van der Waals surface area contributed by atoms with Crippen LogP contribution in [0.25, 0.3) is 0 Å². The first-order chi connectivity index (χ1) is 13.1. The van der Waals surface area contributed by atoms with Gasteiger partial charge in [-0.1, -0.05) is 29.8 Å². The second-order valence-corrected chi connectivity index (χ2v) is 7.15. The van der Waals surface area contributed by atoms with Crippen LogP contribution in [0.5, 0.6) is 5.75 Å². The highest BCUT2D eigenvalue weighted by Gasteiger charge is 2.20. The number of hydrogen-bond donors (Lipinski definition) is 1. The molecule has 2 aromatic rings. The number of anilines is 1. The Bertz CT molecular complexity index is 797. The number of piperazine rings is 1. The van der Waals surface area contributed by atoms with Crippen molar-refractivity contribution >= 4 is 34.6 Å². The molecule has 0 saturated carbocycles. The van der Waals surface area contributed by atoms with Gasteiger partial charge in [-0.05, 0) is 49.0 Å². The summed E-state index contributed by atoms with van der Waals surface area (Å²) in [6.07, 6.45) is 0. The predicted molar refractivity (Wildman–Crippen MR) is 112 cm³/mol. The smallest absolute Gasteiger partial charge is 0.173 e. The molecule has 3 rings (SSSR count). The lowest BCUT2D eigenvalue weighted by atomic mass is 10.2. The van der Waals surface area contributed by atoms with Crippen LogP contribution in [0.4, 0.5) is 10.1 Å². The van der Waals surface area contributed by atoms with Crippen molar-refractivity contribution in [1.29, 1.82) is 0 Å². The minimum atomic E-state index is -0.308. The molecule has 27 heavy (non-hydrogen) atoms. The summed E-state index contributed by atoms with van der Waals surface area (Å²) >= 11 is 11.7. The summed E-state index contributed by atoms with van der Waals surface area (Å²) < 4.78 is 18.8. The van der Waals surface area contributed by atoms with Crippen molar-refractivity contribution in [2.24, 2.45) is 0 Å². The molecular weight excluding hydrogens is 385 g/mol. The Morgan fingerprint density at radius 3 is 2.63 bits per heavy atom. The SMILES string of the molecule is CCOc1ccccc1NC(=S)N1CCN(Cc2ccc(F)cc2Cl)CC1. The highest BCUT2D eigenvalue weighted by atomic mass is 35.5. The molecule has 2 aromatic carbocycles. The molecular formula is C20H23ClFN3OS. The Balaban J connectivity index is 1.53. The van der Waals surface area contributed by atoms with Crippen LogP contribution in [-0.4, -0.2) is 47.7 Å². The third-order valence-electron chi connectivity index (χ3n) is 4.50. The van der Waals surface area contributed by atoms with Crippen LogP contribution in [0, 0.1) is 5.82 Å². The zero-order valence-electron chi connectivity index (χ0n) is 15.3. The first-order valence-electron chi connectivity index (χ1n) is 9.01. The molecule has 0 aromatic heterocycles. The molecule has 0 unspecified atom stereocenters. The monoisotopic (exact) mass is 407 g/mol. The maximum Gasteiger partial charge on any atom is 0.173 e. The van der Waals surface area contributed by atoms with Gasteiger partial charge in [0.1, 0.15) is 11.6 Å². The van der Waals surface area contributed by atoms with Gasteiger partial charge >= 0.3 is 0 Å². The third-order valence-corrected chi connectivity index (χ3v) is 5.21. The molecule has 144 valence electrons. The average molecular weight is 408 g/mol. The molecule has 4 nitrogen and oxygen atoms in total. The maximum absolute atomic E-state index is 13.2. The lowest BCUT2D eigenvalue weighted by molar-refractivity contribution is 0.177. The number of rotatable bonds is 5. The summed E-state index contributed by atoms with van der Waals surface area (Å²) in [6, 6.07) is 12.4. The highest BCUT2D eigenvalue weighted by Crippen LogP contribution is 2.24. The van der Waals surface area contributed by atoms with Crippen molar-refractivity contribution in [1.82, 2.24) is 9.80 Å². The average Bonchev–Trinajstić information content (AvgIpc) is 2.66. The summed E-state index contributed by atoms with van der Waals surface area (Å²) in [7, 11) is 0. The van der Waals surface area contributed by atoms with Crippen molar-refractivity contribution in [3.8, 4) is 5.75 Å². The number of thiocarbonyl (C=S) groups is 1. The zero-order valence-corrected chi connectivity index (χ0v) is 16.8. The van der Waals surface area contributed by atoms with E-state index in [4.69, 9.17) is 28.6 Å². The number of para-hydroxylation sites is 2. The summed E-state index contributed by atoms with van der Waals surface area (Å²) in [5.74, 6) is 0.490. The van der Waals surface area contributed by atoms with E-state index in [-0.39, 0.29) is 5.82 Å². The van der Waals surface area contributed by atoms with Gasteiger partial charge in [0.15, 0.2) is 5.11 Å². The van der Waals surface area contributed by atoms with Crippen LogP contribution in [-0.2, 0) is 6.54 Å².